The average Bonchev–Trinajstić information content (AvgIpc) is 3.01. The van der Waals surface area contributed by atoms with Crippen molar-refractivity contribution in [3.05, 3.63) is 5.82 Å². The third-order valence-electron chi connectivity index (χ3n) is 4.57. The largest absolute Gasteiger partial charge is 0.307 e. The van der Waals surface area contributed by atoms with Gasteiger partial charge in [-0.25, -0.2) is 0 Å². The van der Waals surface area contributed by atoms with Gasteiger partial charge in [0.15, 0.2) is 5.82 Å². The summed E-state index contributed by atoms with van der Waals surface area (Å²) >= 11 is 0. The summed E-state index contributed by atoms with van der Waals surface area (Å²) in [5, 5.41) is 15.6. The highest BCUT2D eigenvalue weighted by atomic mass is 15.6. The monoisotopic (exact) mass is 235 g/mol. The molecule has 17 heavy (non-hydrogen) atoms. The van der Waals surface area contributed by atoms with Gasteiger partial charge in [0.25, 0.3) is 0 Å². The van der Waals surface area contributed by atoms with Gasteiger partial charge in [-0.15, -0.1) is 10.2 Å². The molecule has 4 unspecified atom stereocenters. The highest BCUT2D eigenvalue weighted by Gasteiger charge is 2.41. The van der Waals surface area contributed by atoms with Crippen molar-refractivity contribution in [3.63, 3.8) is 0 Å². The summed E-state index contributed by atoms with van der Waals surface area (Å²) in [5.74, 6) is 3.65. The third kappa shape index (κ3) is 2.20. The number of hydrogen-bond acceptors (Lipinski definition) is 4. The van der Waals surface area contributed by atoms with E-state index in [0.717, 1.165) is 30.1 Å². The first-order valence-electron chi connectivity index (χ1n) is 6.68. The van der Waals surface area contributed by atoms with Crippen LogP contribution in [0, 0.1) is 17.8 Å². The molecule has 94 valence electrons. The van der Waals surface area contributed by atoms with Crippen LogP contribution in [0.2, 0.25) is 0 Å². The maximum Gasteiger partial charge on any atom is 0.188 e. The number of hydrogen-bond donors (Lipinski definition) is 1. The Morgan fingerprint density at radius 1 is 1.41 bits per heavy atom. The van der Waals surface area contributed by atoms with Crippen molar-refractivity contribution >= 4 is 0 Å². The van der Waals surface area contributed by atoms with Crippen molar-refractivity contribution in [2.45, 2.75) is 45.2 Å². The van der Waals surface area contributed by atoms with E-state index in [1.54, 1.807) is 7.05 Å². The second-order valence-corrected chi connectivity index (χ2v) is 5.70. The van der Waals surface area contributed by atoms with E-state index in [4.69, 9.17) is 0 Å². The highest BCUT2D eigenvalue weighted by Crippen LogP contribution is 2.49. The number of fused-ring (bicyclic) bond motifs is 2. The quantitative estimate of drug-likeness (QED) is 0.850. The molecule has 0 amide bonds. The van der Waals surface area contributed by atoms with Crippen molar-refractivity contribution in [2.75, 3.05) is 0 Å². The second-order valence-electron chi connectivity index (χ2n) is 5.70. The Morgan fingerprint density at radius 3 is 2.88 bits per heavy atom. The zero-order valence-corrected chi connectivity index (χ0v) is 10.6. The number of tetrazole rings is 1. The van der Waals surface area contributed by atoms with Gasteiger partial charge in [0, 0.05) is 6.04 Å². The lowest BCUT2D eigenvalue weighted by Gasteiger charge is -2.28. The molecule has 0 saturated heterocycles. The third-order valence-corrected chi connectivity index (χ3v) is 4.57. The summed E-state index contributed by atoms with van der Waals surface area (Å²) in [5.41, 5.74) is 0. The molecule has 0 spiro atoms. The van der Waals surface area contributed by atoms with E-state index in [0.29, 0.717) is 6.04 Å². The van der Waals surface area contributed by atoms with Crippen LogP contribution in [0.4, 0.5) is 0 Å². The van der Waals surface area contributed by atoms with Crippen LogP contribution < -0.4 is 5.32 Å². The molecule has 0 aromatic carbocycles. The van der Waals surface area contributed by atoms with Crippen LogP contribution in [0.15, 0.2) is 0 Å². The van der Waals surface area contributed by atoms with Crippen LogP contribution in [0.3, 0.4) is 0 Å². The van der Waals surface area contributed by atoms with Gasteiger partial charge in [-0.3, -0.25) is 0 Å². The fourth-order valence-corrected chi connectivity index (χ4v) is 3.70. The highest BCUT2D eigenvalue weighted by molar-refractivity contribution is 4.94. The summed E-state index contributed by atoms with van der Waals surface area (Å²) in [7, 11) is 1.80. The van der Waals surface area contributed by atoms with Crippen molar-refractivity contribution < 1.29 is 0 Å². The molecule has 1 aromatic rings. The molecule has 3 rings (SSSR count). The zero-order chi connectivity index (χ0) is 11.8. The summed E-state index contributed by atoms with van der Waals surface area (Å²) in [6.45, 7) is 3.05. The van der Waals surface area contributed by atoms with Crippen molar-refractivity contribution in [2.24, 2.45) is 24.8 Å². The van der Waals surface area contributed by atoms with Crippen LogP contribution in [-0.2, 0) is 13.6 Å². The second kappa shape index (κ2) is 4.37. The van der Waals surface area contributed by atoms with Gasteiger partial charge < -0.3 is 5.32 Å². The van der Waals surface area contributed by atoms with Gasteiger partial charge in [0.05, 0.1) is 13.6 Å². The molecule has 4 atom stereocenters. The lowest BCUT2D eigenvalue weighted by atomic mass is 9.84. The van der Waals surface area contributed by atoms with E-state index in [-0.39, 0.29) is 0 Å². The Bertz CT molecular complexity index is 388. The molecule has 2 saturated carbocycles. The Balaban J connectivity index is 1.52. The number of nitrogens with one attached hydrogen (secondary N) is 1. The maximum absolute atomic E-state index is 4.19. The van der Waals surface area contributed by atoms with Gasteiger partial charge in [0.1, 0.15) is 0 Å². The van der Waals surface area contributed by atoms with E-state index in [1.807, 2.05) is 0 Å². The Morgan fingerprint density at radius 2 is 2.29 bits per heavy atom. The topological polar surface area (TPSA) is 55.6 Å². The smallest absolute Gasteiger partial charge is 0.188 e. The van der Waals surface area contributed by atoms with Crippen molar-refractivity contribution in [1.82, 2.24) is 25.5 Å². The molecule has 5 nitrogen and oxygen atoms in total. The van der Waals surface area contributed by atoms with Gasteiger partial charge in [0.2, 0.25) is 0 Å². The molecule has 1 N–H and O–H groups in total. The van der Waals surface area contributed by atoms with E-state index in [9.17, 15) is 0 Å². The minimum Gasteiger partial charge on any atom is -0.307 e. The summed E-state index contributed by atoms with van der Waals surface area (Å²) < 4.78 is 0. The minimum absolute atomic E-state index is 0.578. The normalized spacial score (nSPS) is 33.2. The van der Waals surface area contributed by atoms with E-state index in [1.165, 1.54) is 30.5 Å². The molecule has 1 aromatic heterocycles. The van der Waals surface area contributed by atoms with Crippen LogP contribution in [0.1, 0.15) is 38.4 Å². The molecule has 2 fully saturated rings. The molecule has 0 radical (unpaired) electrons. The van der Waals surface area contributed by atoms with Gasteiger partial charge >= 0.3 is 0 Å². The molecule has 5 heteroatoms. The van der Waals surface area contributed by atoms with E-state index in [2.05, 4.69) is 27.7 Å². The predicted molar refractivity (Wildman–Crippen MR) is 64.0 cm³/mol. The fourth-order valence-electron chi connectivity index (χ4n) is 3.70. The van der Waals surface area contributed by atoms with Gasteiger partial charge in [-0.05, 0) is 49.2 Å². The molecule has 2 aliphatic carbocycles. The molecule has 0 aliphatic heterocycles. The molecular formula is C12H21N5. The van der Waals surface area contributed by atoms with Crippen LogP contribution in [0.5, 0.6) is 0 Å². The van der Waals surface area contributed by atoms with E-state index >= 15 is 0 Å². The van der Waals surface area contributed by atoms with E-state index < -0.39 is 0 Å². The summed E-state index contributed by atoms with van der Waals surface area (Å²) in [6.07, 6.45) is 5.82. The lowest BCUT2D eigenvalue weighted by molar-refractivity contribution is 0.258. The number of rotatable bonds is 4. The fraction of sp³-hybridized carbons (Fsp3) is 0.917. The number of aromatic nitrogens is 4. The molecular weight excluding hydrogens is 214 g/mol. The van der Waals surface area contributed by atoms with Crippen LogP contribution in [0.25, 0.3) is 0 Å². The number of nitrogens with zero attached hydrogens (tertiary/aromatic N) is 4. The lowest BCUT2D eigenvalue weighted by Crippen LogP contribution is -2.36. The van der Waals surface area contributed by atoms with Crippen LogP contribution >= 0.6 is 0 Å². The molecule has 2 bridgehead atoms. The predicted octanol–water partition coefficient (Wildman–Crippen LogP) is 1.12. The summed E-state index contributed by atoms with van der Waals surface area (Å²) in [4.78, 5) is 1.51. The zero-order valence-electron chi connectivity index (χ0n) is 10.6. The molecule has 1 heterocycles. The van der Waals surface area contributed by atoms with Crippen LogP contribution in [-0.4, -0.2) is 26.2 Å². The first-order valence-corrected chi connectivity index (χ1v) is 6.68. The first-order chi connectivity index (χ1) is 8.22. The van der Waals surface area contributed by atoms with Gasteiger partial charge in [-0.1, -0.05) is 6.42 Å². The maximum atomic E-state index is 4.19. The Kier molecular flexibility index (Phi) is 2.86. The van der Waals surface area contributed by atoms with Gasteiger partial charge in [-0.2, -0.15) is 4.80 Å². The molecule has 2 aliphatic rings. The summed E-state index contributed by atoms with van der Waals surface area (Å²) in [6, 6.07) is 0.578. The standard InChI is InChI=1S/C12H21N5/c1-8(11-6-9-3-4-10(11)5-9)13-7-12-14-16-17(2)15-12/h8-11,13H,3-7H2,1-2H3. The minimum atomic E-state index is 0.578. The Hall–Kier alpha value is -0.970. The van der Waals surface area contributed by atoms with Crippen molar-refractivity contribution in [3.8, 4) is 0 Å². The SMILES string of the molecule is CC(NCc1nnn(C)n1)C1CC2CCC1C2. The average molecular weight is 235 g/mol. The Labute approximate surface area is 102 Å². The van der Waals surface area contributed by atoms with Crippen molar-refractivity contribution in [1.29, 1.82) is 0 Å². The number of aryl methyl sites for hydroxylation is 1. The first kappa shape index (κ1) is 11.1.